The van der Waals surface area contributed by atoms with Gasteiger partial charge in [-0.25, -0.2) is 13.6 Å². The summed E-state index contributed by atoms with van der Waals surface area (Å²) in [4.78, 5) is 36.8. The molecule has 0 aliphatic carbocycles. The number of hydrogen-bond donors (Lipinski definition) is 3. The number of hydrogen-bond acceptors (Lipinski definition) is 6. The number of nitrogens with one attached hydrogen (secondary N) is 2. The first-order valence-electron chi connectivity index (χ1n) is 11.2. The Morgan fingerprint density at radius 3 is 2.03 bits per heavy atom. The van der Waals surface area contributed by atoms with E-state index in [1.165, 1.54) is 0 Å². The van der Waals surface area contributed by atoms with Crippen molar-refractivity contribution < 1.29 is 32.6 Å². The van der Waals surface area contributed by atoms with Crippen LogP contribution in [0.3, 0.4) is 0 Å². The Kier molecular flexibility index (Phi) is 10.6. The maximum absolute atomic E-state index is 14.4. The Bertz CT molecular complexity index is 921. The van der Waals surface area contributed by atoms with Gasteiger partial charge in [-0.15, -0.1) is 0 Å². The van der Waals surface area contributed by atoms with E-state index in [9.17, 15) is 23.2 Å². The maximum atomic E-state index is 14.4. The number of alkyl carbamates (subject to hydrolysis) is 1. The zero-order valence-corrected chi connectivity index (χ0v) is 19.7. The number of ether oxygens (including phenoxy) is 2. The average Bonchev–Trinajstić information content (AvgIpc) is 2.84. The lowest BCUT2D eigenvalue weighted by Gasteiger charge is -2.28. The lowest BCUT2D eigenvalue weighted by molar-refractivity contribution is -0.147. The van der Waals surface area contributed by atoms with E-state index in [1.807, 2.05) is 36.4 Å². The first-order valence-corrected chi connectivity index (χ1v) is 11.2. The Morgan fingerprint density at radius 1 is 1.00 bits per heavy atom. The molecule has 0 aliphatic rings. The van der Waals surface area contributed by atoms with Crippen molar-refractivity contribution in [2.24, 2.45) is 5.73 Å². The second-order valence-electron chi connectivity index (χ2n) is 7.87. The van der Waals surface area contributed by atoms with E-state index in [0.29, 0.717) is 0 Å². The van der Waals surface area contributed by atoms with Gasteiger partial charge in [-0.3, -0.25) is 9.59 Å². The van der Waals surface area contributed by atoms with Gasteiger partial charge >= 0.3 is 12.1 Å². The molecule has 2 amide bonds. The van der Waals surface area contributed by atoms with Gasteiger partial charge in [-0.2, -0.15) is 0 Å². The molecule has 2 atom stereocenters. The van der Waals surface area contributed by atoms with Crippen LogP contribution < -0.4 is 16.4 Å². The molecular formula is C25H31F2N3O5. The maximum Gasteiger partial charge on any atom is 0.407 e. The van der Waals surface area contributed by atoms with Crippen LogP contribution in [0.5, 0.6) is 0 Å². The number of alkyl halides is 2. The van der Waals surface area contributed by atoms with Gasteiger partial charge in [0.05, 0.1) is 13.7 Å². The van der Waals surface area contributed by atoms with E-state index in [-0.39, 0.29) is 6.61 Å². The number of esters is 1. The van der Waals surface area contributed by atoms with Gasteiger partial charge in [0.1, 0.15) is 12.1 Å². The van der Waals surface area contributed by atoms with Gasteiger partial charge in [0.15, 0.2) is 0 Å². The molecule has 0 heterocycles. The van der Waals surface area contributed by atoms with Gasteiger partial charge < -0.3 is 25.8 Å². The van der Waals surface area contributed by atoms with E-state index in [4.69, 9.17) is 5.73 Å². The van der Waals surface area contributed by atoms with E-state index in [2.05, 4.69) is 20.1 Å². The summed E-state index contributed by atoms with van der Waals surface area (Å²) in [6, 6.07) is 15.4. The topological polar surface area (TPSA) is 120 Å². The fourth-order valence-electron chi connectivity index (χ4n) is 3.62. The summed E-state index contributed by atoms with van der Waals surface area (Å²) in [6.45, 7) is 1.18. The molecule has 35 heavy (non-hydrogen) atoms. The number of benzene rings is 2. The molecule has 4 N–H and O–H groups in total. The minimum absolute atomic E-state index is 0.0345. The van der Waals surface area contributed by atoms with Crippen LogP contribution in [0.2, 0.25) is 0 Å². The molecule has 0 radical (unpaired) electrons. The lowest BCUT2D eigenvalue weighted by Crippen LogP contribution is -2.51. The minimum Gasteiger partial charge on any atom is -0.465 e. The number of amides is 2. The Labute approximate surface area is 203 Å². The van der Waals surface area contributed by atoms with Crippen LogP contribution in [-0.4, -0.2) is 56.2 Å². The van der Waals surface area contributed by atoms with Crippen molar-refractivity contribution in [2.45, 2.75) is 43.7 Å². The van der Waals surface area contributed by atoms with Crippen LogP contribution in [0.1, 0.15) is 36.8 Å². The molecule has 2 rings (SSSR count). The second-order valence-corrected chi connectivity index (χ2v) is 7.87. The third kappa shape index (κ3) is 8.64. The zero-order chi connectivity index (χ0) is 25.8. The predicted octanol–water partition coefficient (Wildman–Crippen LogP) is 2.97. The molecule has 0 aliphatic heterocycles. The monoisotopic (exact) mass is 491 g/mol. The quantitative estimate of drug-likeness (QED) is 0.393. The summed E-state index contributed by atoms with van der Waals surface area (Å²) >= 11 is 0. The first-order chi connectivity index (χ1) is 16.7. The first kappa shape index (κ1) is 27.7. The SMILES string of the molecule is CCOC(=O)C(N)CC(F)(F)CCNC(=O)C(NC(=O)OC)C(c1ccccc1)c1ccccc1. The molecule has 2 unspecified atom stereocenters. The molecule has 8 nitrogen and oxygen atoms in total. The van der Waals surface area contributed by atoms with Crippen molar-refractivity contribution in [2.75, 3.05) is 20.3 Å². The Morgan fingerprint density at radius 2 is 1.54 bits per heavy atom. The highest BCUT2D eigenvalue weighted by Crippen LogP contribution is 2.29. The second kappa shape index (κ2) is 13.4. The highest BCUT2D eigenvalue weighted by molar-refractivity contribution is 5.87. The molecule has 10 heteroatoms. The molecule has 0 bridgehead atoms. The number of halogens is 2. The highest BCUT2D eigenvalue weighted by atomic mass is 19.3. The van der Waals surface area contributed by atoms with E-state index < -0.39 is 61.3 Å². The molecule has 0 saturated heterocycles. The zero-order valence-electron chi connectivity index (χ0n) is 19.7. The average molecular weight is 492 g/mol. The van der Waals surface area contributed by atoms with Gasteiger partial charge in [0.25, 0.3) is 5.92 Å². The van der Waals surface area contributed by atoms with E-state index in [1.54, 1.807) is 31.2 Å². The van der Waals surface area contributed by atoms with Gasteiger partial charge in [0, 0.05) is 25.3 Å². The largest absolute Gasteiger partial charge is 0.465 e. The van der Waals surface area contributed by atoms with Crippen molar-refractivity contribution in [1.29, 1.82) is 0 Å². The van der Waals surface area contributed by atoms with Crippen molar-refractivity contribution in [1.82, 2.24) is 10.6 Å². The number of carbonyl (C=O) groups excluding carboxylic acids is 3. The standard InChI is InChI=1S/C25H31F2N3O5/c1-3-35-23(32)19(28)16-25(26,27)14-15-29-22(31)21(30-24(33)34-2)20(17-10-6-4-7-11-17)18-12-8-5-9-13-18/h4-13,19-21H,3,14-16,28H2,1-2H3,(H,29,31)(H,30,33). The fourth-order valence-corrected chi connectivity index (χ4v) is 3.62. The van der Waals surface area contributed by atoms with Crippen LogP contribution in [0, 0.1) is 0 Å². The Hall–Kier alpha value is -3.53. The number of nitrogens with two attached hydrogens (primary N) is 1. The van der Waals surface area contributed by atoms with E-state index >= 15 is 0 Å². The molecule has 190 valence electrons. The number of rotatable bonds is 12. The molecule has 2 aromatic rings. The molecular weight excluding hydrogens is 460 g/mol. The number of carbonyl (C=O) groups is 3. The lowest BCUT2D eigenvalue weighted by atomic mass is 9.84. The molecule has 0 aromatic heterocycles. The van der Waals surface area contributed by atoms with E-state index in [0.717, 1.165) is 18.2 Å². The normalized spacial score (nSPS) is 13.0. The Balaban J connectivity index is 2.18. The molecule has 2 aromatic carbocycles. The smallest absolute Gasteiger partial charge is 0.407 e. The van der Waals surface area contributed by atoms with Gasteiger partial charge in [-0.1, -0.05) is 60.7 Å². The molecule has 0 saturated carbocycles. The third-order valence-electron chi connectivity index (χ3n) is 5.29. The van der Waals surface area contributed by atoms with Crippen LogP contribution in [0.15, 0.2) is 60.7 Å². The summed E-state index contributed by atoms with van der Waals surface area (Å²) in [5.41, 5.74) is 6.98. The number of methoxy groups -OCH3 is 1. The predicted molar refractivity (Wildman–Crippen MR) is 126 cm³/mol. The summed E-state index contributed by atoms with van der Waals surface area (Å²) in [7, 11) is 1.16. The van der Waals surface area contributed by atoms with Crippen LogP contribution in [0.25, 0.3) is 0 Å². The van der Waals surface area contributed by atoms with Crippen LogP contribution >= 0.6 is 0 Å². The van der Waals surface area contributed by atoms with Crippen LogP contribution in [0.4, 0.5) is 13.6 Å². The third-order valence-corrected chi connectivity index (χ3v) is 5.29. The van der Waals surface area contributed by atoms with Crippen molar-refractivity contribution in [3.63, 3.8) is 0 Å². The van der Waals surface area contributed by atoms with Crippen molar-refractivity contribution >= 4 is 18.0 Å². The summed E-state index contributed by atoms with van der Waals surface area (Å²) in [5, 5.41) is 5.00. The highest BCUT2D eigenvalue weighted by Gasteiger charge is 2.36. The minimum atomic E-state index is -3.32. The van der Waals surface area contributed by atoms with Crippen molar-refractivity contribution in [3.05, 3.63) is 71.8 Å². The summed E-state index contributed by atoms with van der Waals surface area (Å²) in [5.74, 6) is -5.51. The van der Waals surface area contributed by atoms with Gasteiger partial charge in [0.2, 0.25) is 5.91 Å². The molecule has 0 fully saturated rings. The summed E-state index contributed by atoms with van der Waals surface area (Å²) < 4.78 is 38.1. The summed E-state index contributed by atoms with van der Waals surface area (Å²) in [6.07, 6.45) is -2.51. The van der Waals surface area contributed by atoms with Gasteiger partial charge in [-0.05, 0) is 18.1 Å². The van der Waals surface area contributed by atoms with Crippen molar-refractivity contribution in [3.8, 4) is 0 Å². The molecule has 0 spiro atoms. The van der Waals surface area contributed by atoms with Crippen LogP contribution in [-0.2, 0) is 19.1 Å². The fraction of sp³-hybridized carbons (Fsp3) is 0.400.